The Morgan fingerprint density at radius 1 is 1.47 bits per heavy atom. The highest BCUT2D eigenvalue weighted by atomic mass is 79.9. The number of fused-ring (bicyclic) bond motifs is 1. The molecule has 7 heteroatoms. The van der Waals surface area contributed by atoms with E-state index in [0.29, 0.717) is 0 Å². The minimum absolute atomic E-state index is 0.719. The number of aromatic nitrogens is 2. The van der Waals surface area contributed by atoms with Gasteiger partial charge in [0.05, 0.1) is 20.3 Å². The Morgan fingerprint density at radius 2 is 2.29 bits per heavy atom. The summed E-state index contributed by atoms with van der Waals surface area (Å²) in [6.07, 6.45) is 0. The van der Waals surface area contributed by atoms with Gasteiger partial charge in [0.1, 0.15) is 5.65 Å². The van der Waals surface area contributed by atoms with Crippen LogP contribution in [0.4, 0.5) is 0 Å². The molecule has 0 unspecified atom stereocenters. The highest BCUT2D eigenvalue weighted by molar-refractivity contribution is 9.10. The van der Waals surface area contributed by atoms with Crippen LogP contribution in [0.25, 0.3) is 20.9 Å². The second-order valence-corrected chi connectivity index (χ2v) is 7.17. The minimum atomic E-state index is 0.719. The summed E-state index contributed by atoms with van der Waals surface area (Å²) in [5, 5.41) is 2.67. The molecule has 3 aromatic rings. The standard InChI is InChI=1S/C10H4BrClN2S3/c11-4-3-6-9(14-10(15)17-6)13-7(4)8-5(12)1-2-16-8/h1-3H,(H,13,14,15). The van der Waals surface area contributed by atoms with E-state index in [1.807, 2.05) is 17.5 Å². The van der Waals surface area contributed by atoms with Crippen LogP contribution in [0, 0.1) is 3.95 Å². The monoisotopic (exact) mass is 362 g/mol. The van der Waals surface area contributed by atoms with Crippen LogP contribution in [-0.2, 0) is 0 Å². The van der Waals surface area contributed by atoms with Crippen LogP contribution < -0.4 is 0 Å². The normalized spacial score (nSPS) is 11.2. The molecule has 3 heterocycles. The molecule has 0 amide bonds. The summed E-state index contributed by atoms with van der Waals surface area (Å²) < 4.78 is 2.70. The molecule has 17 heavy (non-hydrogen) atoms. The zero-order valence-corrected chi connectivity index (χ0v) is 13.0. The van der Waals surface area contributed by atoms with E-state index < -0.39 is 0 Å². The summed E-state index contributed by atoms with van der Waals surface area (Å²) in [7, 11) is 0. The van der Waals surface area contributed by atoms with E-state index in [0.717, 1.165) is 34.4 Å². The second kappa shape index (κ2) is 4.44. The third-order valence-corrected chi connectivity index (χ3v) is 5.32. The molecule has 0 aliphatic carbocycles. The highest BCUT2D eigenvalue weighted by Gasteiger charge is 2.13. The van der Waals surface area contributed by atoms with Crippen LogP contribution in [-0.4, -0.2) is 9.97 Å². The number of rotatable bonds is 1. The fraction of sp³-hybridized carbons (Fsp3) is 0. The first kappa shape index (κ1) is 11.8. The Labute approximate surface area is 123 Å². The molecule has 0 fully saturated rings. The first-order valence-corrected chi connectivity index (χ1v) is 7.85. The van der Waals surface area contributed by atoms with Gasteiger partial charge in [-0.05, 0) is 45.7 Å². The lowest BCUT2D eigenvalue weighted by atomic mass is 10.3. The average Bonchev–Trinajstić information content (AvgIpc) is 2.82. The number of H-pyrrole nitrogens is 1. The van der Waals surface area contributed by atoms with Crippen LogP contribution in [0.15, 0.2) is 22.0 Å². The topological polar surface area (TPSA) is 28.7 Å². The fourth-order valence-corrected chi connectivity index (χ4v) is 4.51. The third kappa shape index (κ3) is 2.08. The lowest BCUT2D eigenvalue weighted by Crippen LogP contribution is -1.84. The van der Waals surface area contributed by atoms with E-state index in [1.54, 1.807) is 11.3 Å². The third-order valence-electron chi connectivity index (χ3n) is 2.20. The molecule has 0 aliphatic rings. The average molecular weight is 364 g/mol. The van der Waals surface area contributed by atoms with Crippen molar-refractivity contribution in [2.45, 2.75) is 0 Å². The van der Waals surface area contributed by atoms with Crippen molar-refractivity contribution in [1.82, 2.24) is 9.97 Å². The Kier molecular flexibility index (Phi) is 3.08. The Balaban J connectivity index is 2.33. The summed E-state index contributed by atoms with van der Waals surface area (Å²) in [5.41, 5.74) is 1.66. The number of nitrogens with one attached hydrogen (secondary N) is 1. The van der Waals surface area contributed by atoms with E-state index in [-0.39, 0.29) is 0 Å². The van der Waals surface area contributed by atoms with Crippen molar-refractivity contribution in [3.63, 3.8) is 0 Å². The van der Waals surface area contributed by atoms with Crippen molar-refractivity contribution in [2.75, 3.05) is 0 Å². The Hall–Kier alpha value is -0.270. The van der Waals surface area contributed by atoms with Gasteiger partial charge in [0.15, 0.2) is 3.95 Å². The van der Waals surface area contributed by atoms with Gasteiger partial charge in [-0.25, -0.2) is 4.98 Å². The van der Waals surface area contributed by atoms with Crippen LogP contribution in [0.2, 0.25) is 5.02 Å². The maximum absolute atomic E-state index is 6.12. The second-order valence-electron chi connectivity index (χ2n) is 3.28. The zero-order chi connectivity index (χ0) is 12.0. The fourth-order valence-electron chi connectivity index (χ4n) is 1.48. The van der Waals surface area contributed by atoms with Crippen molar-refractivity contribution in [3.05, 3.63) is 31.0 Å². The number of hydrogen-bond donors (Lipinski definition) is 1. The maximum atomic E-state index is 6.12. The van der Waals surface area contributed by atoms with Crippen LogP contribution in [0.5, 0.6) is 0 Å². The number of hydrogen-bond acceptors (Lipinski definition) is 4. The summed E-state index contributed by atoms with van der Waals surface area (Å²) in [5.74, 6) is 0. The molecule has 0 aliphatic heterocycles. The van der Waals surface area contributed by atoms with Gasteiger partial charge in [0, 0.05) is 4.47 Å². The number of halogens is 2. The van der Waals surface area contributed by atoms with Crippen LogP contribution >= 0.6 is 62.4 Å². The number of aromatic amines is 1. The predicted molar refractivity (Wildman–Crippen MR) is 80.8 cm³/mol. The lowest BCUT2D eigenvalue weighted by molar-refractivity contribution is 1.31. The summed E-state index contributed by atoms with van der Waals surface area (Å²) in [6.45, 7) is 0. The molecule has 1 N–H and O–H groups in total. The van der Waals surface area contributed by atoms with Crippen LogP contribution in [0.3, 0.4) is 0 Å². The molecule has 0 radical (unpaired) electrons. The Bertz CT molecular complexity index is 758. The molecule has 3 aromatic heterocycles. The lowest BCUT2D eigenvalue weighted by Gasteiger charge is -2.01. The number of pyridine rings is 1. The molecular formula is C10H4BrClN2S3. The van der Waals surface area contributed by atoms with Gasteiger partial charge in [-0.1, -0.05) is 11.6 Å². The van der Waals surface area contributed by atoms with Crippen molar-refractivity contribution in [2.24, 2.45) is 0 Å². The SMILES string of the molecule is S=c1[nH]c2nc(-c3sccc3Cl)c(Br)cc2s1. The van der Waals surface area contributed by atoms with Crippen molar-refractivity contribution in [3.8, 4) is 10.6 Å². The maximum Gasteiger partial charge on any atom is 0.160 e. The largest absolute Gasteiger partial charge is 0.322 e. The van der Waals surface area contributed by atoms with E-state index in [9.17, 15) is 0 Å². The molecule has 86 valence electrons. The van der Waals surface area contributed by atoms with Crippen molar-refractivity contribution < 1.29 is 0 Å². The van der Waals surface area contributed by atoms with E-state index in [1.165, 1.54) is 11.3 Å². The number of nitrogens with zero attached hydrogens (tertiary/aromatic N) is 1. The van der Waals surface area contributed by atoms with Gasteiger partial charge in [0.25, 0.3) is 0 Å². The molecular weight excluding hydrogens is 360 g/mol. The molecule has 0 spiro atoms. The van der Waals surface area contributed by atoms with E-state index in [2.05, 4.69) is 25.9 Å². The predicted octanol–water partition coefficient (Wildman–Crippen LogP) is 5.50. The molecule has 2 nitrogen and oxygen atoms in total. The van der Waals surface area contributed by atoms with Gasteiger partial charge in [-0.15, -0.1) is 22.7 Å². The highest BCUT2D eigenvalue weighted by Crippen LogP contribution is 2.38. The minimum Gasteiger partial charge on any atom is -0.322 e. The summed E-state index contributed by atoms with van der Waals surface area (Å²) in [4.78, 5) is 8.60. The summed E-state index contributed by atoms with van der Waals surface area (Å²) in [6, 6.07) is 3.89. The van der Waals surface area contributed by atoms with Gasteiger partial charge >= 0.3 is 0 Å². The Morgan fingerprint density at radius 3 is 3.00 bits per heavy atom. The molecule has 3 rings (SSSR count). The van der Waals surface area contributed by atoms with Crippen LogP contribution in [0.1, 0.15) is 0 Å². The van der Waals surface area contributed by atoms with Gasteiger partial charge < -0.3 is 4.98 Å². The molecule has 0 saturated heterocycles. The number of thiazole rings is 1. The van der Waals surface area contributed by atoms with Gasteiger partial charge in [-0.3, -0.25) is 0 Å². The van der Waals surface area contributed by atoms with Gasteiger partial charge in [0.2, 0.25) is 0 Å². The van der Waals surface area contributed by atoms with Crippen molar-refractivity contribution >= 4 is 72.8 Å². The summed E-state index contributed by atoms with van der Waals surface area (Å²) >= 11 is 17.8. The molecule has 0 atom stereocenters. The molecule has 0 bridgehead atoms. The van der Waals surface area contributed by atoms with Gasteiger partial charge in [-0.2, -0.15) is 0 Å². The van der Waals surface area contributed by atoms with E-state index >= 15 is 0 Å². The zero-order valence-electron chi connectivity index (χ0n) is 8.16. The smallest absolute Gasteiger partial charge is 0.160 e. The number of thiophene rings is 1. The van der Waals surface area contributed by atoms with Crippen molar-refractivity contribution in [1.29, 1.82) is 0 Å². The molecule has 0 saturated carbocycles. The quantitative estimate of drug-likeness (QED) is 0.578. The first-order valence-electron chi connectivity index (χ1n) is 4.58. The van der Waals surface area contributed by atoms with E-state index in [4.69, 9.17) is 23.8 Å². The molecule has 0 aromatic carbocycles. The first-order chi connectivity index (χ1) is 8.15.